The molecule has 0 atom stereocenters. The first-order valence-electron chi connectivity index (χ1n) is 6.59. The first-order valence-corrected chi connectivity index (χ1v) is 8.07. The van der Waals surface area contributed by atoms with Crippen molar-refractivity contribution in [1.82, 2.24) is 9.71 Å². The number of hydrogen-bond donors (Lipinski definition) is 3. The van der Waals surface area contributed by atoms with Crippen LogP contribution in [0, 0.1) is 19.8 Å². The summed E-state index contributed by atoms with van der Waals surface area (Å²) in [7, 11) is -3.68. The number of aryl methyl sites for hydroxylation is 1. The van der Waals surface area contributed by atoms with E-state index in [-0.39, 0.29) is 16.2 Å². The molecule has 0 aliphatic rings. The van der Waals surface area contributed by atoms with E-state index in [9.17, 15) is 13.2 Å². The van der Waals surface area contributed by atoms with Gasteiger partial charge in [0, 0.05) is 17.8 Å². The van der Waals surface area contributed by atoms with Crippen LogP contribution in [0.25, 0.3) is 0 Å². The Kier molecular flexibility index (Phi) is 5.35. The Morgan fingerprint density at radius 2 is 1.95 bits per heavy atom. The van der Waals surface area contributed by atoms with E-state index in [1.54, 1.807) is 6.92 Å². The van der Waals surface area contributed by atoms with Gasteiger partial charge in [0.2, 0.25) is 10.0 Å². The van der Waals surface area contributed by atoms with E-state index in [1.807, 2.05) is 0 Å². The van der Waals surface area contributed by atoms with Gasteiger partial charge >= 0.3 is 5.97 Å². The Labute approximate surface area is 119 Å². The predicted octanol–water partition coefficient (Wildman–Crippen LogP) is 2.04. The molecule has 3 N–H and O–H groups in total. The zero-order valence-corrected chi connectivity index (χ0v) is 13.1. The van der Waals surface area contributed by atoms with Gasteiger partial charge in [0.05, 0.1) is 0 Å². The van der Waals surface area contributed by atoms with E-state index in [0.29, 0.717) is 18.2 Å². The van der Waals surface area contributed by atoms with Crippen LogP contribution in [-0.2, 0) is 10.0 Å². The van der Waals surface area contributed by atoms with E-state index >= 15 is 0 Å². The maximum absolute atomic E-state index is 12.2. The van der Waals surface area contributed by atoms with Gasteiger partial charge < -0.3 is 10.1 Å². The summed E-state index contributed by atoms with van der Waals surface area (Å²) in [6, 6.07) is 0. The highest BCUT2D eigenvalue weighted by Crippen LogP contribution is 2.23. The molecule has 0 fully saturated rings. The van der Waals surface area contributed by atoms with E-state index in [4.69, 9.17) is 5.11 Å². The summed E-state index contributed by atoms with van der Waals surface area (Å²) < 4.78 is 27.0. The summed E-state index contributed by atoms with van der Waals surface area (Å²) in [5, 5.41) is 9.00. The fraction of sp³-hybridized carbons (Fsp3) is 0.615. The third-order valence-electron chi connectivity index (χ3n) is 3.10. The number of carboxylic acids is 1. The monoisotopic (exact) mass is 302 g/mol. The SMILES string of the molecule is Cc1[nH]c(C(=O)O)c(C)c1S(=O)(=O)NCCCC(C)C. The Bertz CT molecular complexity index is 588. The molecule has 0 bridgehead atoms. The zero-order chi connectivity index (χ0) is 15.5. The van der Waals surface area contributed by atoms with Gasteiger partial charge in [-0.25, -0.2) is 17.9 Å². The van der Waals surface area contributed by atoms with Gasteiger partial charge in [0.15, 0.2) is 0 Å². The van der Waals surface area contributed by atoms with Crippen LogP contribution < -0.4 is 4.72 Å². The number of aromatic nitrogens is 1. The maximum Gasteiger partial charge on any atom is 0.352 e. The summed E-state index contributed by atoms with van der Waals surface area (Å²) in [5.41, 5.74) is 0.507. The molecule has 0 spiro atoms. The topological polar surface area (TPSA) is 99.3 Å². The number of hydrogen-bond acceptors (Lipinski definition) is 3. The average molecular weight is 302 g/mol. The number of aromatic amines is 1. The molecule has 1 heterocycles. The summed E-state index contributed by atoms with van der Waals surface area (Å²) >= 11 is 0. The molecule has 0 aliphatic heterocycles. The standard InChI is InChI=1S/C13H22N2O4S/c1-8(2)6-5-7-14-20(18,19)12-9(3)11(13(16)17)15-10(12)4/h8,14-15H,5-7H2,1-4H3,(H,16,17). The Balaban J connectivity index is 2.91. The summed E-state index contributed by atoms with van der Waals surface area (Å²) in [4.78, 5) is 13.7. The van der Waals surface area contributed by atoms with Gasteiger partial charge in [-0.1, -0.05) is 13.8 Å². The Morgan fingerprint density at radius 1 is 1.35 bits per heavy atom. The van der Waals surface area contributed by atoms with Gasteiger partial charge in [0.1, 0.15) is 10.6 Å². The van der Waals surface area contributed by atoms with Gasteiger partial charge in [-0.2, -0.15) is 0 Å². The molecule has 6 nitrogen and oxygen atoms in total. The van der Waals surface area contributed by atoms with Gasteiger partial charge in [0.25, 0.3) is 0 Å². The third-order valence-corrected chi connectivity index (χ3v) is 4.84. The quantitative estimate of drug-likeness (QED) is 0.671. The van der Waals surface area contributed by atoms with Crippen molar-refractivity contribution < 1.29 is 18.3 Å². The number of sulfonamides is 1. The van der Waals surface area contributed by atoms with Crippen molar-refractivity contribution in [2.75, 3.05) is 6.54 Å². The molecular formula is C13H22N2O4S. The van der Waals surface area contributed by atoms with Crippen LogP contribution in [0.1, 0.15) is 48.4 Å². The fourth-order valence-corrected chi connectivity index (χ4v) is 3.66. The van der Waals surface area contributed by atoms with Crippen LogP contribution in [-0.4, -0.2) is 31.0 Å². The minimum absolute atomic E-state index is 0.0412. The van der Waals surface area contributed by atoms with Gasteiger partial charge in [-0.15, -0.1) is 0 Å². The zero-order valence-electron chi connectivity index (χ0n) is 12.3. The lowest BCUT2D eigenvalue weighted by Gasteiger charge is -2.08. The Morgan fingerprint density at radius 3 is 2.40 bits per heavy atom. The van der Waals surface area contributed by atoms with Crippen LogP contribution in [0.2, 0.25) is 0 Å². The van der Waals surface area contributed by atoms with E-state index < -0.39 is 16.0 Å². The molecule has 0 saturated heterocycles. The van der Waals surface area contributed by atoms with E-state index in [2.05, 4.69) is 23.6 Å². The molecule has 114 valence electrons. The fourth-order valence-electron chi connectivity index (χ4n) is 2.14. The highest BCUT2D eigenvalue weighted by Gasteiger charge is 2.25. The molecule has 0 aromatic carbocycles. The number of nitrogens with one attached hydrogen (secondary N) is 2. The number of rotatable bonds is 7. The second kappa shape index (κ2) is 6.41. The van der Waals surface area contributed by atoms with Crippen LogP contribution in [0.4, 0.5) is 0 Å². The van der Waals surface area contributed by atoms with Crippen molar-refractivity contribution in [2.45, 2.75) is 45.4 Å². The smallest absolute Gasteiger partial charge is 0.352 e. The lowest BCUT2D eigenvalue weighted by atomic mass is 10.1. The number of carboxylic acid groups (broad SMARTS) is 1. The van der Waals surface area contributed by atoms with Gasteiger partial charge in [-0.05, 0) is 32.6 Å². The molecule has 1 rings (SSSR count). The molecule has 0 amide bonds. The van der Waals surface area contributed by atoms with Crippen LogP contribution in [0.5, 0.6) is 0 Å². The van der Waals surface area contributed by atoms with Crippen molar-refractivity contribution in [3.8, 4) is 0 Å². The summed E-state index contributed by atoms with van der Waals surface area (Å²) in [5.74, 6) is -0.638. The lowest BCUT2D eigenvalue weighted by molar-refractivity contribution is 0.0690. The molecule has 0 aliphatic carbocycles. The molecule has 7 heteroatoms. The average Bonchev–Trinajstić information content (AvgIpc) is 2.61. The summed E-state index contributed by atoms with van der Waals surface area (Å²) in [6.45, 7) is 7.56. The second-order valence-electron chi connectivity index (χ2n) is 5.32. The number of H-pyrrole nitrogens is 1. The third kappa shape index (κ3) is 3.83. The molecule has 1 aromatic heterocycles. The second-order valence-corrected chi connectivity index (χ2v) is 7.02. The van der Waals surface area contributed by atoms with Crippen LogP contribution >= 0.6 is 0 Å². The molecule has 1 aromatic rings. The molecule has 0 radical (unpaired) electrons. The first-order chi connectivity index (χ1) is 9.16. The van der Waals surface area contributed by atoms with Crippen molar-refractivity contribution in [3.05, 3.63) is 17.0 Å². The van der Waals surface area contributed by atoms with E-state index in [0.717, 1.165) is 12.8 Å². The highest BCUT2D eigenvalue weighted by atomic mass is 32.2. The predicted molar refractivity (Wildman–Crippen MR) is 76.5 cm³/mol. The largest absolute Gasteiger partial charge is 0.477 e. The number of aromatic carboxylic acids is 1. The minimum Gasteiger partial charge on any atom is -0.477 e. The lowest BCUT2D eigenvalue weighted by Crippen LogP contribution is -2.26. The molecule has 20 heavy (non-hydrogen) atoms. The van der Waals surface area contributed by atoms with E-state index in [1.165, 1.54) is 6.92 Å². The molecular weight excluding hydrogens is 280 g/mol. The summed E-state index contributed by atoms with van der Waals surface area (Å²) in [6.07, 6.45) is 1.69. The van der Waals surface area contributed by atoms with Crippen molar-refractivity contribution >= 4 is 16.0 Å². The number of carbonyl (C=O) groups is 1. The van der Waals surface area contributed by atoms with Crippen LogP contribution in [0.3, 0.4) is 0 Å². The Hall–Kier alpha value is -1.34. The minimum atomic E-state index is -3.68. The molecule has 0 unspecified atom stereocenters. The first kappa shape index (κ1) is 16.7. The van der Waals surface area contributed by atoms with Gasteiger partial charge in [-0.3, -0.25) is 0 Å². The van der Waals surface area contributed by atoms with Crippen molar-refractivity contribution in [3.63, 3.8) is 0 Å². The van der Waals surface area contributed by atoms with Crippen LogP contribution in [0.15, 0.2) is 4.90 Å². The highest BCUT2D eigenvalue weighted by molar-refractivity contribution is 7.89. The van der Waals surface area contributed by atoms with Crippen molar-refractivity contribution in [1.29, 1.82) is 0 Å². The maximum atomic E-state index is 12.2. The van der Waals surface area contributed by atoms with Crippen molar-refractivity contribution in [2.24, 2.45) is 5.92 Å². The molecule has 0 saturated carbocycles. The normalized spacial score (nSPS) is 12.1.